The Morgan fingerprint density at radius 1 is 1.21 bits per heavy atom. The number of amides is 2. The van der Waals surface area contributed by atoms with Gasteiger partial charge in [-0.3, -0.25) is 19.5 Å². The third kappa shape index (κ3) is 4.75. The second-order valence-electron chi connectivity index (χ2n) is 6.27. The van der Waals surface area contributed by atoms with Gasteiger partial charge in [-0.1, -0.05) is 6.07 Å². The molecule has 7 heteroatoms. The Morgan fingerprint density at radius 3 is 2.67 bits per heavy atom. The minimum absolute atomic E-state index is 0.00946. The lowest BCUT2D eigenvalue weighted by Crippen LogP contribution is -2.41. The van der Waals surface area contributed by atoms with Crippen LogP contribution < -0.4 is 10.6 Å². The smallest absolute Gasteiger partial charge is 0.224 e. The van der Waals surface area contributed by atoms with Gasteiger partial charge in [-0.2, -0.15) is 0 Å². The summed E-state index contributed by atoms with van der Waals surface area (Å²) >= 11 is 0. The van der Waals surface area contributed by atoms with Gasteiger partial charge in [0.2, 0.25) is 11.8 Å². The third-order valence-electron chi connectivity index (χ3n) is 4.48. The lowest BCUT2D eigenvalue weighted by atomic mass is 10.2. The average molecular weight is 332 g/mol. The molecule has 0 aromatic carbocycles. The lowest BCUT2D eigenvalue weighted by molar-refractivity contribution is -0.127. The fraction of sp³-hybridized carbons (Fsp3) is 0.588. The molecule has 1 aliphatic carbocycles. The number of nitrogens with one attached hydrogen (secondary N) is 2. The number of rotatable bonds is 7. The van der Waals surface area contributed by atoms with E-state index in [1.54, 1.807) is 12.4 Å². The number of hydrogen-bond donors (Lipinski definition) is 2. The van der Waals surface area contributed by atoms with Crippen molar-refractivity contribution in [2.75, 3.05) is 39.4 Å². The van der Waals surface area contributed by atoms with E-state index in [-0.39, 0.29) is 23.7 Å². The predicted molar refractivity (Wildman–Crippen MR) is 87.9 cm³/mol. The normalized spacial score (nSPS) is 23.5. The van der Waals surface area contributed by atoms with Crippen molar-refractivity contribution in [1.29, 1.82) is 0 Å². The Bertz CT molecular complexity index is 560. The minimum atomic E-state index is -0.190. The third-order valence-corrected chi connectivity index (χ3v) is 4.48. The van der Waals surface area contributed by atoms with E-state index >= 15 is 0 Å². The van der Waals surface area contributed by atoms with Gasteiger partial charge in [0, 0.05) is 45.1 Å². The molecule has 0 radical (unpaired) electrons. The zero-order valence-electron chi connectivity index (χ0n) is 13.7. The summed E-state index contributed by atoms with van der Waals surface area (Å²) in [5.74, 6) is -0.425. The molecule has 1 aliphatic heterocycles. The molecule has 1 saturated carbocycles. The number of ether oxygens (including phenoxy) is 1. The van der Waals surface area contributed by atoms with Crippen LogP contribution in [0.25, 0.3) is 0 Å². The summed E-state index contributed by atoms with van der Waals surface area (Å²) in [5, 5.41) is 5.81. The van der Waals surface area contributed by atoms with E-state index in [9.17, 15) is 9.59 Å². The summed E-state index contributed by atoms with van der Waals surface area (Å²) < 4.78 is 5.29. The maximum absolute atomic E-state index is 12.1. The van der Waals surface area contributed by atoms with E-state index in [1.165, 1.54) is 0 Å². The number of nitrogens with zero attached hydrogens (tertiary/aromatic N) is 2. The number of hydrogen-bond acceptors (Lipinski definition) is 5. The first-order chi connectivity index (χ1) is 11.7. The number of aromatic nitrogens is 1. The van der Waals surface area contributed by atoms with Gasteiger partial charge >= 0.3 is 0 Å². The molecule has 0 spiro atoms. The highest BCUT2D eigenvalue weighted by Gasteiger charge is 2.47. The summed E-state index contributed by atoms with van der Waals surface area (Å²) in [6, 6.07) is 3.75. The van der Waals surface area contributed by atoms with Crippen LogP contribution in [0.2, 0.25) is 0 Å². The van der Waals surface area contributed by atoms with Crippen molar-refractivity contribution in [3.05, 3.63) is 30.1 Å². The SMILES string of the molecule is O=C(NCCN1CCOCC1)C1CC1C(=O)NCc1cccnc1. The summed E-state index contributed by atoms with van der Waals surface area (Å²) in [6.07, 6.45) is 4.06. The van der Waals surface area contributed by atoms with Crippen LogP contribution in [-0.2, 0) is 20.9 Å². The monoisotopic (exact) mass is 332 g/mol. The Balaban J connectivity index is 1.32. The van der Waals surface area contributed by atoms with Gasteiger partial charge in [0.1, 0.15) is 0 Å². The topological polar surface area (TPSA) is 83.6 Å². The number of carbonyl (C=O) groups excluding carboxylic acids is 2. The van der Waals surface area contributed by atoms with Crippen molar-refractivity contribution in [3.8, 4) is 0 Å². The predicted octanol–water partition coefficient (Wildman–Crippen LogP) is -0.218. The zero-order chi connectivity index (χ0) is 16.8. The zero-order valence-corrected chi connectivity index (χ0v) is 13.7. The van der Waals surface area contributed by atoms with Crippen LogP contribution in [0.5, 0.6) is 0 Å². The van der Waals surface area contributed by atoms with E-state index in [4.69, 9.17) is 4.74 Å². The highest BCUT2D eigenvalue weighted by atomic mass is 16.5. The van der Waals surface area contributed by atoms with Crippen LogP contribution >= 0.6 is 0 Å². The standard InChI is InChI=1S/C17H24N4O3/c22-16(19-4-5-21-6-8-24-9-7-21)14-10-15(14)17(23)20-12-13-2-1-3-18-11-13/h1-3,11,14-15H,4-10,12H2,(H,19,22)(H,20,23). The molecule has 1 aromatic rings. The van der Waals surface area contributed by atoms with Gasteiger partial charge in [-0.25, -0.2) is 0 Å². The van der Waals surface area contributed by atoms with Crippen LogP contribution in [0.4, 0.5) is 0 Å². The molecule has 0 bridgehead atoms. The number of morpholine rings is 1. The minimum Gasteiger partial charge on any atom is -0.379 e. The van der Waals surface area contributed by atoms with Crippen molar-refractivity contribution in [2.24, 2.45) is 11.8 Å². The number of carbonyl (C=O) groups is 2. The molecule has 2 amide bonds. The van der Waals surface area contributed by atoms with E-state index in [0.717, 1.165) is 38.4 Å². The molecule has 2 heterocycles. The molecule has 2 atom stereocenters. The van der Waals surface area contributed by atoms with Crippen LogP contribution in [-0.4, -0.2) is 61.1 Å². The van der Waals surface area contributed by atoms with Crippen molar-refractivity contribution in [3.63, 3.8) is 0 Å². The lowest BCUT2D eigenvalue weighted by Gasteiger charge is -2.26. The van der Waals surface area contributed by atoms with E-state index in [2.05, 4.69) is 20.5 Å². The van der Waals surface area contributed by atoms with Gasteiger partial charge in [-0.15, -0.1) is 0 Å². The quantitative estimate of drug-likeness (QED) is 0.721. The molecular weight excluding hydrogens is 308 g/mol. The van der Waals surface area contributed by atoms with Gasteiger partial charge in [0.05, 0.1) is 25.0 Å². The Hall–Kier alpha value is -1.99. The van der Waals surface area contributed by atoms with Gasteiger partial charge in [-0.05, 0) is 18.1 Å². The highest BCUT2D eigenvalue weighted by molar-refractivity contribution is 5.92. The molecule has 2 N–H and O–H groups in total. The Kier molecular flexibility index (Phi) is 5.77. The summed E-state index contributed by atoms with van der Waals surface area (Å²) in [7, 11) is 0. The molecule has 2 unspecified atom stereocenters. The van der Waals surface area contributed by atoms with Crippen LogP contribution in [0.1, 0.15) is 12.0 Å². The summed E-state index contributed by atoms with van der Waals surface area (Å²) in [6.45, 7) is 5.26. The van der Waals surface area contributed by atoms with Gasteiger partial charge in [0.25, 0.3) is 0 Å². The first kappa shape index (κ1) is 16.9. The van der Waals surface area contributed by atoms with Gasteiger partial charge < -0.3 is 15.4 Å². The maximum atomic E-state index is 12.1. The molecule has 1 aromatic heterocycles. The first-order valence-corrected chi connectivity index (χ1v) is 8.48. The van der Waals surface area contributed by atoms with E-state index < -0.39 is 0 Å². The first-order valence-electron chi connectivity index (χ1n) is 8.48. The molecule has 130 valence electrons. The fourth-order valence-electron chi connectivity index (χ4n) is 2.89. The second kappa shape index (κ2) is 8.21. The van der Waals surface area contributed by atoms with Gasteiger partial charge in [0.15, 0.2) is 0 Å². The van der Waals surface area contributed by atoms with Crippen molar-refractivity contribution in [2.45, 2.75) is 13.0 Å². The van der Waals surface area contributed by atoms with Crippen molar-refractivity contribution >= 4 is 11.8 Å². The summed E-state index contributed by atoms with van der Waals surface area (Å²) in [4.78, 5) is 30.5. The van der Waals surface area contributed by atoms with Crippen LogP contribution in [0.15, 0.2) is 24.5 Å². The molecule has 7 nitrogen and oxygen atoms in total. The second-order valence-corrected chi connectivity index (χ2v) is 6.27. The molecule has 1 saturated heterocycles. The number of pyridine rings is 1. The van der Waals surface area contributed by atoms with E-state index in [1.807, 2.05) is 12.1 Å². The summed E-state index contributed by atoms with van der Waals surface area (Å²) in [5.41, 5.74) is 0.956. The Morgan fingerprint density at radius 2 is 1.96 bits per heavy atom. The van der Waals surface area contributed by atoms with Crippen LogP contribution in [0.3, 0.4) is 0 Å². The molecule has 24 heavy (non-hydrogen) atoms. The molecular formula is C17H24N4O3. The average Bonchev–Trinajstić information content (AvgIpc) is 3.42. The largest absolute Gasteiger partial charge is 0.379 e. The molecule has 2 aliphatic rings. The molecule has 3 rings (SSSR count). The van der Waals surface area contributed by atoms with E-state index in [0.29, 0.717) is 19.5 Å². The molecule has 2 fully saturated rings. The highest BCUT2D eigenvalue weighted by Crippen LogP contribution is 2.38. The van der Waals surface area contributed by atoms with Crippen molar-refractivity contribution in [1.82, 2.24) is 20.5 Å². The fourth-order valence-corrected chi connectivity index (χ4v) is 2.89. The maximum Gasteiger partial charge on any atom is 0.224 e. The Labute approximate surface area is 141 Å². The van der Waals surface area contributed by atoms with Crippen molar-refractivity contribution < 1.29 is 14.3 Å². The van der Waals surface area contributed by atoms with Crippen LogP contribution in [0, 0.1) is 11.8 Å².